The van der Waals surface area contributed by atoms with E-state index in [1.165, 1.54) is 17.9 Å². The Balaban J connectivity index is 1.43. The Morgan fingerprint density at radius 2 is 2.15 bits per heavy atom. The van der Waals surface area contributed by atoms with Crippen LogP contribution in [0.2, 0.25) is 0 Å². The average Bonchev–Trinajstić information content (AvgIpc) is 2.93. The molecule has 26 heavy (non-hydrogen) atoms. The summed E-state index contributed by atoms with van der Waals surface area (Å²) in [5.41, 5.74) is 1.12. The summed E-state index contributed by atoms with van der Waals surface area (Å²) in [5, 5.41) is 11.6. The van der Waals surface area contributed by atoms with Crippen LogP contribution >= 0.6 is 0 Å². The van der Waals surface area contributed by atoms with Crippen LogP contribution in [0.5, 0.6) is 0 Å². The van der Waals surface area contributed by atoms with Crippen molar-refractivity contribution in [2.75, 3.05) is 18.0 Å². The highest BCUT2D eigenvalue weighted by Crippen LogP contribution is 2.62. The molecule has 1 aromatic rings. The van der Waals surface area contributed by atoms with Crippen LogP contribution in [0.3, 0.4) is 0 Å². The van der Waals surface area contributed by atoms with E-state index < -0.39 is 12.2 Å². The number of hydrogen-bond acceptors (Lipinski definition) is 4. The molecular formula is C19H20FN3O3. The van der Waals surface area contributed by atoms with E-state index in [1.807, 2.05) is 0 Å². The van der Waals surface area contributed by atoms with Crippen LogP contribution in [0.25, 0.3) is 0 Å². The van der Waals surface area contributed by atoms with Crippen molar-refractivity contribution < 1.29 is 18.7 Å². The van der Waals surface area contributed by atoms with Crippen molar-refractivity contribution in [3.63, 3.8) is 0 Å². The van der Waals surface area contributed by atoms with Crippen molar-refractivity contribution in [1.82, 2.24) is 5.32 Å². The lowest BCUT2D eigenvalue weighted by atomic mass is 9.92. The summed E-state index contributed by atoms with van der Waals surface area (Å²) in [4.78, 5) is 24.4. The number of halogens is 1. The molecule has 2 amide bonds. The molecule has 3 fully saturated rings. The maximum atomic E-state index is 14.7. The number of anilines is 1. The van der Waals surface area contributed by atoms with Crippen LogP contribution in [0.15, 0.2) is 18.2 Å². The summed E-state index contributed by atoms with van der Waals surface area (Å²) < 4.78 is 19.9. The minimum absolute atomic E-state index is 0.154. The van der Waals surface area contributed by atoms with Gasteiger partial charge in [0.05, 0.1) is 30.8 Å². The molecule has 136 valence electrons. The molecule has 1 heterocycles. The Morgan fingerprint density at radius 1 is 1.42 bits per heavy atom. The van der Waals surface area contributed by atoms with Gasteiger partial charge in [-0.3, -0.25) is 9.69 Å². The van der Waals surface area contributed by atoms with Gasteiger partial charge in [0.25, 0.3) is 0 Å². The van der Waals surface area contributed by atoms with Gasteiger partial charge in [0.2, 0.25) is 5.91 Å². The molecule has 1 N–H and O–H groups in total. The number of ether oxygens (including phenoxy) is 1. The van der Waals surface area contributed by atoms with Crippen molar-refractivity contribution in [2.24, 2.45) is 17.8 Å². The fraction of sp³-hybridized carbons (Fsp3) is 0.526. The third-order valence-electron chi connectivity index (χ3n) is 5.78. The van der Waals surface area contributed by atoms with Gasteiger partial charge in [-0.15, -0.1) is 0 Å². The number of benzene rings is 1. The zero-order valence-corrected chi connectivity index (χ0v) is 14.4. The first-order valence-corrected chi connectivity index (χ1v) is 8.89. The van der Waals surface area contributed by atoms with Crippen LogP contribution in [0.4, 0.5) is 14.9 Å². The van der Waals surface area contributed by atoms with Crippen molar-refractivity contribution in [2.45, 2.75) is 31.8 Å². The quantitative estimate of drug-likeness (QED) is 0.898. The van der Waals surface area contributed by atoms with E-state index in [4.69, 9.17) is 10.00 Å². The summed E-state index contributed by atoms with van der Waals surface area (Å²) >= 11 is 0. The minimum Gasteiger partial charge on any atom is -0.442 e. The SMILES string of the molecule is CC(=O)NC[C@H]1CN(c2ccc(C3C[C@@H]4C(C#N)[C@@H]4C3)c(F)c2)C(=O)O1. The molecule has 1 saturated heterocycles. The lowest BCUT2D eigenvalue weighted by Gasteiger charge is -2.18. The highest BCUT2D eigenvalue weighted by atomic mass is 19.1. The molecule has 7 heteroatoms. The highest BCUT2D eigenvalue weighted by Gasteiger charge is 2.56. The fourth-order valence-corrected chi connectivity index (χ4v) is 4.40. The Kier molecular flexibility index (Phi) is 4.06. The Hall–Kier alpha value is -2.62. The topological polar surface area (TPSA) is 82.4 Å². The normalized spacial score (nSPS) is 32.0. The first kappa shape index (κ1) is 16.8. The molecule has 2 saturated carbocycles. The molecule has 1 aliphatic heterocycles. The molecule has 3 aliphatic rings. The monoisotopic (exact) mass is 357 g/mol. The minimum atomic E-state index is -0.536. The van der Waals surface area contributed by atoms with E-state index >= 15 is 0 Å². The zero-order valence-electron chi connectivity index (χ0n) is 14.4. The molecule has 0 spiro atoms. The van der Waals surface area contributed by atoms with E-state index in [1.54, 1.807) is 12.1 Å². The molecule has 5 atom stereocenters. The average molecular weight is 357 g/mol. The van der Waals surface area contributed by atoms with Gasteiger partial charge in [0.15, 0.2) is 0 Å². The van der Waals surface area contributed by atoms with E-state index in [0.717, 1.165) is 12.8 Å². The van der Waals surface area contributed by atoms with Crippen LogP contribution in [0, 0.1) is 34.9 Å². The molecular weight excluding hydrogens is 337 g/mol. The largest absolute Gasteiger partial charge is 0.442 e. The molecule has 2 unspecified atom stereocenters. The predicted molar refractivity (Wildman–Crippen MR) is 90.8 cm³/mol. The van der Waals surface area contributed by atoms with Gasteiger partial charge < -0.3 is 10.1 Å². The van der Waals surface area contributed by atoms with Gasteiger partial charge in [0.1, 0.15) is 11.9 Å². The number of fused-ring (bicyclic) bond motifs is 1. The third kappa shape index (κ3) is 2.90. The zero-order chi connectivity index (χ0) is 18.4. The lowest BCUT2D eigenvalue weighted by molar-refractivity contribution is -0.119. The Morgan fingerprint density at radius 3 is 2.77 bits per heavy atom. The highest BCUT2D eigenvalue weighted by molar-refractivity contribution is 5.89. The number of nitrogens with zero attached hydrogens (tertiary/aromatic N) is 2. The maximum absolute atomic E-state index is 14.7. The molecule has 0 radical (unpaired) electrons. The second-order valence-electron chi connectivity index (χ2n) is 7.41. The molecule has 0 aromatic heterocycles. The fourth-order valence-electron chi connectivity index (χ4n) is 4.40. The van der Waals surface area contributed by atoms with Gasteiger partial charge in [0, 0.05) is 6.92 Å². The van der Waals surface area contributed by atoms with Crippen molar-refractivity contribution >= 4 is 17.7 Å². The van der Waals surface area contributed by atoms with Crippen LogP contribution < -0.4 is 10.2 Å². The predicted octanol–water partition coefficient (Wildman–Crippen LogP) is 2.55. The number of rotatable bonds is 4. The van der Waals surface area contributed by atoms with Gasteiger partial charge in [-0.25, -0.2) is 9.18 Å². The van der Waals surface area contributed by atoms with Crippen LogP contribution in [0.1, 0.15) is 31.2 Å². The number of hydrogen-bond donors (Lipinski definition) is 1. The second kappa shape index (κ2) is 6.27. The van der Waals surface area contributed by atoms with E-state index in [0.29, 0.717) is 23.1 Å². The first-order chi connectivity index (χ1) is 12.5. The summed E-state index contributed by atoms with van der Waals surface area (Å²) in [6.07, 6.45) is 0.749. The van der Waals surface area contributed by atoms with Gasteiger partial charge in [-0.2, -0.15) is 5.26 Å². The standard InChI is InChI=1S/C19H20FN3O3/c1-10(24)22-8-13-9-23(19(25)26-13)12-2-3-14(18(20)6-12)11-4-15-16(5-11)17(15)7-21/h2-3,6,11,13,15-17H,4-5,8-9H2,1H3,(H,22,24)/t11?,13-,15-,16+,17?/m0/s1. The third-order valence-corrected chi connectivity index (χ3v) is 5.78. The van der Waals surface area contributed by atoms with Crippen molar-refractivity contribution in [3.05, 3.63) is 29.6 Å². The Labute approximate surface area is 150 Å². The molecule has 2 aliphatic carbocycles. The first-order valence-electron chi connectivity index (χ1n) is 8.89. The molecule has 1 aromatic carbocycles. The van der Waals surface area contributed by atoms with E-state index in [2.05, 4.69) is 11.4 Å². The summed E-state index contributed by atoms with van der Waals surface area (Å²) in [5.74, 6) is 0.651. The van der Waals surface area contributed by atoms with Crippen LogP contribution in [-0.4, -0.2) is 31.2 Å². The summed E-state index contributed by atoms with van der Waals surface area (Å²) in [6.45, 7) is 1.91. The number of carbonyl (C=O) groups excluding carboxylic acids is 2. The smallest absolute Gasteiger partial charge is 0.414 e. The Bertz CT molecular complexity index is 794. The number of carbonyl (C=O) groups is 2. The molecule has 0 bridgehead atoms. The molecule has 6 nitrogen and oxygen atoms in total. The summed E-state index contributed by atoms with van der Waals surface area (Å²) in [7, 11) is 0. The van der Waals surface area contributed by atoms with Gasteiger partial charge >= 0.3 is 6.09 Å². The maximum Gasteiger partial charge on any atom is 0.414 e. The van der Waals surface area contributed by atoms with Crippen molar-refractivity contribution in [3.8, 4) is 6.07 Å². The van der Waals surface area contributed by atoms with E-state index in [-0.39, 0.29) is 36.6 Å². The van der Waals surface area contributed by atoms with Crippen LogP contribution in [-0.2, 0) is 9.53 Å². The van der Waals surface area contributed by atoms with Crippen molar-refractivity contribution in [1.29, 1.82) is 5.26 Å². The van der Waals surface area contributed by atoms with Gasteiger partial charge in [-0.05, 0) is 48.3 Å². The van der Waals surface area contributed by atoms with E-state index in [9.17, 15) is 14.0 Å². The number of nitrogens with one attached hydrogen (secondary N) is 1. The van der Waals surface area contributed by atoms with Gasteiger partial charge in [-0.1, -0.05) is 6.07 Å². The second-order valence-corrected chi connectivity index (χ2v) is 7.41. The number of amides is 2. The summed E-state index contributed by atoms with van der Waals surface area (Å²) in [6, 6.07) is 7.19. The molecule has 4 rings (SSSR count). The number of cyclic esters (lactones) is 1. The lowest BCUT2D eigenvalue weighted by Crippen LogP contribution is -2.33. The number of nitriles is 1.